The third-order valence-electron chi connectivity index (χ3n) is 3.04. The van der Waals surface area contributed by atoms with Gasteiger partial charge in [-0.1, -0.05) is 12.1 Å². The molecule has 22 heavy (non-hydrogen) atoms. The van der Waals surface area contributed by atoms with Crippen molar-refractivity contribution >= 4 is 11.8 Å². The fraction of sp³-hybridized carbons (Fsp3) is 0.0625. The van der Waals surface area contributed by atoms with Crippen LogP contribution in [0.4, 0.5) is 4.39 Å². The quantitative estimate of drug-likeness (QED) is 0.898. The van der Waals surface area contributed by atoms with E-state index >= 15 is 0 Å². The van der Waals surface area contributed by atoms with Crippen LogP contribution >= 0.6 is 0 Å². The van der Waals surface area contributed by atoms with E-state index in [1.54, 1.807) is 0 Å². The Morgan fingerprint density at radius 2 is 1.68 bits per heavy atom. The summed E-state index contributed by atoms with van der Waals surface area (Å²) in [4.78, 5) is 23.6. The number of carbonyl (C=O) groups is 2. The molecule has 0 fully saturated rings. The van der Waals surface area contributed by atoms with Crippen molar-refractivity contribution in [1.29, 1.82) is 5.26 Å². The third kappa shape index (κ3) is 3.46. The van der Waals surface area contributed by atoms with E-state index in [1.807, 2.05) is 6.07 Å². The second kappa shape index (κ2) is 6.50. The summed E-state index contributed by atoms with van der Waals surface area (Å²) in [5, 5.41) is 11.2. The first-order valence-corrected chi connectivity index (χ1v) is 6.37. The lowest BCUT2D eigenvalue weighted by molar-refractivity contribution is -0.120. The summed E-state index contributed by atoms with van der Waals surface area (Å²) in [7, 11) is 0. The van der Waals surface area contributed by atoms with Crippen LogP contribution in [-0.4, -0.2) is 11.8 Å². The fourth-order valence-corrected chi connectivity index (χ4v) is 1.88. The van der Waals surface area contributed by atoms with Gasteiger partial charge in [0.25, 0.3) is 5.91 Å². The molecule has 3 N–H and O–H groups in total. The molecule has 0 saturated heterocycles. The Balaban J connectivity index is 2.20. The van der Waals surface area contributed by atoms with E-state index in [-0.39, 0.29) is 5.56 Å². The van der Waals surface area contributed by atoms with E-state index in [4.69, 9.17) is 11.0 Å². The van der Waals surface area contributed by atoms with E-state index in [0.717, 1.165) is 0 Å². The minimum Gasteiger partial charge on any atom is -0.368 e. The Morgan fingerprint density at radius 1 is 1.09 bits per heavy atom. The molecule has 6 heteroatoms. The Kier molecular flexibility index (Phi) is 4.49. The molecule has 0 aliphatic heterocycles. The number of rotatable bonds is 4. The molecule has 0 aliphatic rings. The van der Waals surface area contributed by atoms with Gasteiger partial charge in [0.1, 0.15) is 11.9 Å². The first-order valence-electron chi connectivity index (χ1n) is 6.37. The number of nitrogens with zero attached hydrogens (tertiary/aromatic N) is 1. The van der Waals surface area contributed by atoms with Gasteiger partial charge in [-0.25, -0.2) is 4.39 Å². The van der Waals surface area contributed by atoms with Crippen molar-refractivity contribution in [2.45, 2.75) is 6.04 Å². The van der Waals surface area contributed by atoms with Crippen molar-refractivity contribution in [2.75, 3.05) is 0 Å². The molecule has 5 nitrogen and oxygen atoms in total. The molecule has 2 aromatic rings. The minimum absolute atomic E-state index is 0.285. The van der Waals surface area contributed by atoms with Gasteiger partial charge < -0.3 is 11.1 Å². The number of hydrogen-bond acceptors (Lipinski definition) is 3. The summed E-state index contributed by atoms with van der Waals surface area (Å²) in [6.07, 6.45) is 0. The van der Waals surface area contributed by atoms with E-state index < -0.39 is 23.7 Å². The molecule has 0 unspecified atom stereocenters. The van der Waals surface area contributed by atoms with Gasteiger partial charge in [0.2, 0.25) is 5.91 Å². The van der Waals surface area contributed by atoms with Gasteiger partial charge in [-0.3, -0.25) is 9.59 Å². The lowest BCUT2D eigenvalue weighted by atomic mass is 10.1. The van der Waals surface area contributed by atoms with Crippen LogP contribution in [0.1, 0.15) is 27.5 Å². The second-order valence-corrected chi connectivity index (χ2v) is 4.55. The maximum Gasteiger partial charge on any atom is 0.252 e. The van der Waals surface area contributed by atoms with Gasteiger partial charge in [-0.15, -0.1) is 0 Å². The van der Waals surface area contributed by atoms with Gasteiger partial charge in [0.15, 0.2) is 0 Å². The molecule has 2 aromatic carbocycles. The monoisotopic (exact) mass is 297 g/mol. The van der Waals surface area contributed by atoms with Crippen LogP contribution in [0.15, 0.2) is 48.5 Å². The Bertz CT molecular complexity index is 733. The van der Waals surface area contributed by atoms with Crippen molar-refractivity contribution in [3.8, 4) is 6.07 Å². The molecule has 0 aliphatic carbocycles. The van der Waals surface area contributed by atoms with E-state index in [9.17, 15) is 14.0 Å². The molecule has 0 aromatic heterocycles. The zero-order valence-electron chi connectivity index (χ0n) is 11.4. The maximum atomic E-state index is 12.9. The number of benzene rings is 2. The molecule has 0 saturated carbocycles. The molecule has 0 heterocycles. The number of nitrogens with two attached hydrogens (primary N) is 1. The normalized spacial score (nSPS) is 11.3. The topological polar surface area (TPSA) is 96.0 Å². The molecule has 110 valence electrons. The zero-order valence-corrected chi connectivity index (χ0v) is 11.4. The summed E-state index contributed by atoms with van der Waals surface area (Å²) < 4.78 is 12.9. The van der Waals surface area contributed by atoms with Crippen LogP contribution in [0.2, 0.25) is 0 Å². The number of primary amides is 1. The number of hydrogen-bond donors (Lipinski definition) is 2. The summed E-state index contributed by atoms with van der Waals surface area (Å²) in [5.74, 6) is -1.73. The first-order chi connectivity index (χ1) is 10.5. The fourth-order valence-electron chi connectivity index (χ4n) is 1.88. The van der Waals surface area contributed by atoms with E-state index in [0.29, 0.717) is 11.1 Å². The lowest BCUT2D eigenvalue weighted by Gasteiger charge is -2.16. The van der Waals surface area contributed by atoms with Crippen LogP contribution in [0.3, 0.4) is 0 Å². The SMILES string of the molecule is N#Cc1ccc(C(=O)N[C@H](C(N)=O)c2ccc(F)cc2)cc1. The second-order valence-electron chi connectivity index (χ2n) is 4.55. The zero-order chi connectivity index (χ0) is 16.1. The number of amides is 2. The highest BCUT2D eigenvalue weighted by atomic mass is 19.1. The average Bonchev–Trinajstić information content (AvgIpc) is 2.53. The smallest absolute Gasteiger partial charge is 0.252 e. The molecule has 0 bridgehead atoms. The van der Waals surface area contributed by atoms with Crippen LogP contribution in [-0.2, 0) is 4.79 Å². The predicted octanol–water partition coefficient (Wildman–Crippen LogP) is 1.65. The maximum absolute atomic E-state index is 12.9. The Labute approximate surface area is 126 Å². The standard InChI is InChI=1S/C16H12FN3O2/c17-13-7-5-11(6-8-13)14(15(19)21)20-16(22)12-3-1-10(9-18)2-4-12/h1-8,14H,(H2,19,21)(H,20,22)/t14-/m0/s1. The Morgan fingerprint density at radius 3 is 2.18 bits per heavy atom. The average molecular weight is 297 g/mol. The lowest BCUT2D eigenvalue weighted by Crippen LogP contribution is -2.37. The Hall–Kier alpha value is -3.20. The minimum atomic E-state index is -1.07. The predicted molar refractivity (Wildman–Crippen MR) is 77.0 cm³/mol. The molecule has 0 spiro atoms. The van der Waals surface area contributed by atoms with Gasteiger partial charge in [-0.2, -0.15) is 5.26 Å². The van der Waals surface area contributed by atoms with Gasteiger partial charge >= 0.3 is 0 Å². The summed E-state index contributed by atoms with van der Waals surface area (Å²) in [6.45, 7) is 0. The largest absolute Gasteiger partial charge is 0.368 e. The number of nitrogens with one attached hydrogen (secondary N) is 1. The summed E-state index contributed by atoms with van der Waals surface area (Å²) in [6, 6.07) is 11.9. The highest BCUT2D eigenvalue weighted by Gasteiger charge is 2.21. The van der Waals surface area contributed by atoms with Crippen molar-refractivity contribution in [3.05, 3.63) is 71.0 Å². The van der Waals surface area contributed by atoms with Gasteiger partial charge in [0.05, 0.1) is 11.6 Å². The van der Waals surface area contributed by atoms with E-state index in [2.05, 4.69) is 5.32 Å². The number of nitriles is 1. The van der Waals surface area contributed by atoms with Crippen molar-refractivity contribution in [1.82, 2.24) is 5.32 Å². The summed E-state index contributed by atoms with van der Waals surface area (Å²) in [5.41, 5.74) is 6.38. The van der Waals surface area contributed by atoms with Gasteiger partial charge in [0, 0.05) is 5.56 Å². The van der Waals surface area contributed by atoms with Crippen molar-refractivity contribution in [3.63, 3.8) is 0 Å². The third-order valence-corrected chi connectivity index (χ3v) is 3.04. The molecule has 2 amide bonds. The van der Waals surface area contributed by atoms with E-state index in [1.165, 1.54) is 48.5 Å². The first kappa shape index (κ1) is 15.2. The van der Waals surface area contributed by atoms with Crippen LogP contribution in [0.5, 0.6) is 0 Å². The van der Waals surface area contributed by atoms with Crippen LogP contribution < -0.4 is 11.1 Å². The molecular weight excluding hydrogens is 285 g/mol. The van der Waals surface area contributed by atoms with Crippen LogP contribution in [0, 0.1) is 17.1 Å². The number of halogens is 1. The molecule has 1 atom stereocenters. The molecule has 2 rings (SSSR count). The van der Waals surface area contributed by atoms with Crippen LogP contribution in [0.25, 0.3) is 0 Å². The number of carbonyl (C=O) groups excluding carboxylic acids is 2. The molecular formula is C16H12FN3O2. The van der Waals surface area contributed by atoms with Crippen molar-refractivity contribution < 1.29 is 14.0 Å². The van der Waals surface area contributed by atoms with Crippen molar-refractivity contribution in [2.24, 2.45) is 5.73 Å². The van der Waals surface area contributed by atoms with Gasteiger partial charge in [-0.05, 0) is 42.0 Å². The highest BCUT2D eigenvalue weighted by molar-refractivity contribution is 5.97. The highest BCUT2D eigenvalue weighted by Crippen LogP contribution is 2.14. The summed E-state index contributed by atoms with van der Waals surface area (Å²) >= 11 is 0. The molecule has 0 radical (unpaired) electrons.